The lowest BCUT2D eigenvalue weighted by atomic mass is 10.2. The maximum atomic E-state index is 11.5. The van der Waals surface area contributed by atoms with Gasteiger partial charge in [0.15, 0.2) is 0 Å². The molecule has 1 aromatic rings. The van der Waals surface area contributed by atoms with Crippen LogP contribution in [-0.2, 0) is 16.1 Å². The molecule has 1 atom stereocenters. The molecule has 0 saturated heterocycles. The lowest BCUT2D eigenvalue weighted by Crippen LogP contribution is -2.43. The summed E-state index contributed by atoms with van der Waals surface area (Å²) in [5, 5.41) is 27.7. The normalized spacial score (nSPS) is 11.6. The van der Waals surface area contributed by atoms with Gasteiger partial charge in [0.05, 0.1) is 6.54 Å². The number of carboxylic acid groups (broad SMARTS) is 1. The number of carbonyl (C=O) groups is 2. The Morgan fingerprint density at radius 1 is 1.39 bits per heavy atom. The van der Waals surface area contributed by atoms with Gasteiger partial charge in [-0.25, -0.2) is 4.79 Å². The Morgan fingerprint density at radius 2 is 2.00 bits per heavy atom. The number of hydrogen-bond acceptors (Lipinski definition) is 4. The first kappa shape index (κ1) is 13.7. The monoisotopic (exact) mass is 251 g/mol. The third kappa shape index (κ3) is 3.08. The number of benzene rings is 1. The maximum Gasteiger partial charge on any atom is 0.354 e. The highest BCUT2D eigenvalue weighted by molar-refractivity contribution is 5.90. The SMILES string of the molecule is C=CC(=O)N(Cc1ccccc1O)C(O)C(=O)O. The number of aliphatic hydroxyl groups excluding tert-OH is 1. The molecule has 0 radical (unpaired) electrons. The van der Waals surface area contributed by atoms with E-state index in [0.717, 1.165) is 6.08 Å². The van der Waals surface area contributed by atoms with Gasteiger partial charge in [-0.15, -0.1) is 0 Å². The third-order valence-electron chi connectivity index (χ3n) is 2.31. The van der Waals surface area contributed by atoms with Gasteiger partial charge in [-0.3, -0.25) is 9.69 Å². The summed E-state index contributed by atoms with van der Waals surface area (Å²) in [6.07, 6.45) is -1.10. The number of nitrogens with zero attached hydrogens (tertiary/aromatic N) is 1. The minimum absolute atomic E-state index is 0.0862. The van der Waals surface area contributed by atoms with E-state index in [0.29, 0.717) is 10.5 Å². The van der Waals surface area contributed by atoms with Gasteiger partial charge in [0.2, 0.25) is 12.1 Å². The van der Waals surface area contributed by atoms with Crippen LogP contribution in [0.1, 0.15) is 5.56 Å². The highest BCUT2D eigenvalue weighted by atomic mass is 16.4. The number of aliphatic hydroxyl groups is 1. The van der Waals surface area contributed by atoms with Crippen LogP contribution in [0.4, 0.5) is 0 Å². The molecule has 0 aromatic heterocycles. The number of carboxylic acids is 1. The lowest BCUT2D eigenvalue weighted by Gasteiger charge is -2.24. The van der Waals surface area contributed by atoms with Gasteiger partial charge in [-0.2, -0.15) is 0 Å². The second-order valence-electron chi connectivity index (χ2n) is 3.51. The van der Waals surface area contributed by atoms with Gasteiger partial charge in [-0.1, -0.05) is 24.8 Å². The zero-order chi connectivity index (χ0) is 13.7. The standard InChI is InChI=1S/C12H13NO5/c1-2-10(15)13(11(16)12(17)18)7-8-5-3-4-6-9(8)14/h2-6,11,14,16H,1,7H2,(H,17,18). The van der Waals surface area contributed by atoms with Crippen LogP contribution >= 0.6 is 0 Å². The number of aromatic hydroxyl groups is 1. The van der Waals surface area contributed by atoms with Gasteiger partial charge in [0.25, 0.3) is 0 Å². The first-order valence-corrected chi connectivity index (χ1v) is 5.08. The Balaban J connectivity index is 2.99. The number of hydrogen-bond donors (Lipinski definition) is 3. The summed E-state index contributed by atoms with van der Waals surface area (Å²) in [6, 6.07) is 6.14. The van der Waals surface area contributed by atoms with Crippen LogP contribution in [0.25, 0.3) is 0 Å². The maximum absolute atomic E-state index is 11.5. The number of amides is 1. The molecule has 3 N–H and O–H groups in total. The summed E-state index contributed by atoms with van der Waals surface area (Å²) in [5.74, 6) is -2.38. The van der Waals surface area contributed by atoms with Gasteiger partial charge < -0.3 is 15.3 Å². The van der Waals surface area contributed by atoms with Crippen LogP contribution in [0.2, 0.25) is 0 Å². The fourth-order valence-corrected chi connectivity index (χ4v) is 1.36. The van der Waals surface area contributed by atoms with Crippen molar-refractivity contribution < 1.29 is 24.9 Å². The van der Waals surface area contributed by atoms with Crippen molar-refractivity contribution in [3.8, 4) is 5.75 Å². The van der Waals surface area contributed by atoms with Crippen LogP contribution in [-0.4, -0.2) is 38.3 Å². The van der Waals surface area contributed by atoms with Crippen molar-refractivity contribution >= 4 is 11.9 Å². The van der Waals surface area contributed by atoms with Crippen molar-refractivity contribution in [3.05, 3.63) is 42.5 Å². The summed E-state index contributed by atoms with van der Waals surface area (Å²) in [4.78, 5) is 22.9. The molecule has 0 aliphatic carbocycles. The highest BCUT2D eigenvalue weighted by Crippen LogP contribution is 2.18. The van der Waals surface area contributed by atoms with Crippen LogP contribution in [0.3, 0.4) is 0 Å². The first-order chi connectivity index (χ1) is 8.47. The fourth-order valence-electron chi connectivity index (χ4n) is 1.36. The molecule has 1 aromatic carbocycles. The Kier molecular flexibility index (Phi) is 4.45. The van der Waals surface area contributed by atoms with E-state index >= 15 is 0 Å². The number of phenolic OH excluding ortho intramolecular Hbond substituents is 1. The van der Waals surface area contributed by atoms with Crippen molar-refractivity contribution in [1.82, 2.24) is 4.90 Å². The van der Waals surface area contributed by atoms with Gasteiger partial charge >= 0.3 is 5.97 Å². The molecule has 0 spiro atoms. The molecular weight excluding hydrogens is 238 g/mol. The van der Waals surface area contributed by atoms with E-state index in [9.17, 15) is 19.8 Å². The first-order valence-electron chi connectivity index (χ1n) is 5.08. The molecular formula is C12H13NO5. The topological polar surface area (TPSA) is 98.1 Å². The summed E-state index contributed by atoms with van der Waals surface area (Å²) in [5.41, 5.74) is 0.327. The van der Waals surface area contributed by atoms with Crippen molar-refractivity contribution in [1.29, 1.82) is 0 Å². The van der Waals surface area contributed by atoms with E-state index in [2.05, 4.69) is 6.58 Å². The molecule has 18 heavy (non-hydrogen) atoms. The predicted molar refractivity (Wildman–Crippen MR) is 62.5 cm³/mol. The molecule has 0 heterocycles. The minimum atomic E-state index is -1.99. The second kappa shape index (κ2) is 5.83. The largest absolute Gasteiger partial charge is 0.508 e. The van der Waals surface area contributed by atoms with Gasteiger partial charge in [-0.05, 0) is 12.1 Å². The molecule has 0 fully saturated rings. The second-order valence-corrected chi connectivity index (χ2v) is 3.51. The lowest BCUT2D eigenvalue weighted by molar-refractivity contribution is -0.164. The van der Waals surface area contributed by atoms with Gasteiger partial charge in [0, 0.05) is 5.56 Å². The van der Waals surface area contributed by atoms with E-state index in [-0.39, 0.29) is 12.3 Å². The van der Waals surface area contributed by atoms with Crippen molar-refractivity contribution in [2.75, 3.05) is 0 Å². The predicted octanol–water partition coefficient (Wildman–Crippen LogP) is 0.310. The van der Waals surface area contributed by atoms with E-state index in [1.807, 2.05) is 0 Å². The molecule has 1 rings (SSSR count). The van der Waals surface area contributed by atoms with Crippen molar-refractivity contribution in [3.63, 3.8) is 0 Å². The number of carbonyl (C=O) groups excluding carboxylic acids is 1. The van der Waals surface area contributed by atoms with Crippen molar-refractivity contribution in [2.45, 2.75) is 12.8 Å². The Labute approximate surface area is 103 Å². The molecule has 6 nitrogen and oxygen atoms in total. The van der Waals surface area contributed by atoms with E-state index < -0.39 is 18.1 Å². The summed E-state index contributed by atoms with van der Waals surface area (Å²) in [6.45, 7) is 3.00. The molecule has 6 heteroatoms. The van der Waals surface area contributed by atoms with Crippen LogP contribution in [0.5, 0.6) is 5.75 Å². The number of phenols is 1. The average Bonchev–Trinajstić information content (AvgIpc) is 2.36. The summed E-state index contributed by atoms with van der Waals surface area (Å²) < 4.78 is 0. The smallest absolute Gasteiger partial charge is 0.354 e. The molecule has 0 saturated carbocycles. The fraction of sp³-hybridized carbons (Fsp3) is 0.167. The molecule has 0 aliphatic heterocycles. The molecule has 0 bridgehead atoms. The zero-order valence-electron chi connectivity index (χ0n) is 9.48. The molecule has 1 unspecified atom stereocenters. The number of rotatable bonds is 5. The summed E-state index contributed by atoms with van der Waals surface area (Å²) in [7, 11) is 0. The Bertz CT molecular complexity index is 471. The van der Waals surface area contributed by atoms with Gasteiger partial charge in [0.1, 0.15) is 5.75 Å². The quantitative estimate of drug-likeness (QED) is 0.517. The Hall–Kier alpha value is -2.34. The van der Waals surface area contributed by atoms with Crippen molar-refractivity contribution in [2.24, 2.45) is 0 Å². The molecule has 0 aliphatic rings. The zero-order valence-corrected chi connectivity index (χ0v) is 9.48. The van der Waals surface area contributed by atoms with E-state index in [1.54, 1.807) is 12.1 Å². The highest BCUT2D eigenvalue weighted by Gasteiger charge is 2.26. The molecule has 96 valence electrons. The Morgan fingerprint density at radius 3 is 2.50 bits per heavy atom. The summed E-state index contributed by atoms with van der Waals surface area (Å²) >= 11 is 0. The average molecular weight is 251 g/mol. The number of aliphatic carboxylic acids is 1. The minimum Gasteiger partial charge on any atom is -0.508 e. The van der Waals surface area contributed by atoms with Crippen LogP contribution in [0.15, 0.2) is 36.9 Å². The van der Waals surface area contributed by atoms with Crippen LogP contribution < -0.4 is 0 Å². The van der Waals surface area contributed by atoms with Crippen LogP contribution in [0, 0.1) is 0 Å². The molecule has 1 amide bonds. The third-order valence-corrected chi connectivity index (χ3v) is 2.31. The van der Waals surface area contributed by atoms with E-state index in [1.165, 1.54) is 12.1 Å². The number of para-hydroxylation sites is 1. The van der Waals surface area contributed by atoms with E-state index in [4.69, 9.17) is 5.11 Å².